The van der Waals surface area contributed by atoms with E-state index in [-0.39, 0.29) is 36.8 Å². The van der Waals surface area contributed by atoms with E-state index in [1.165, 1.54) is 19.6 Å². The molecule has 14 nitrogen and oxygen atoms in total. The molecule has 15 atom stereocenters. The summed E-state index contributed by atoms with van der Waals surface area (Å²) in [4.78, 5) is 44.7. The lowest BCUT2D eigenvalue weighted by atomic mass is 9.77. The molecule has 14 heteroatoms. The number of aliphatic hydroxyl groups excluding tert-OH is 1. The van der Waals surface area contributed by atoms with E-state index >= 15 is 0 Å². The number of fused-ring (bicyclic) bond motifs is 1. The van der Waals surface area contributed by atoms with Crippen molar-refractivity contribution in [1.29, 1.82) is 0 Å². The van der Waals surface area contributed by atoms with Crippen molar-refractivity contribution in [3.05, 3.63) is 41.5 Å². The van der Waals surface area contributed by atoms with Crippen LogP contribution in [0.4, 0.5) is 0 Å². The van der Waals surface area contributed by atoms with Gasteiger partial charge in [-0.05, 0) is 83.7 Å². The molecule has 0 bridgehead atoms. The van der Waals surface area contributed by atoms with E-state index in [9.17, 15) is 24.6 Å². The largest absolute Gasteiger partial charge is 0.457 e. The summed E-state index contributed by atoms with van der Waals surface area (Å²) < 4.78 is 37.9. The number of aliphatic hydroxyl groups is 2. The number of carbonyl (C=O) groups excluding carboxylic acids is 3. The van der Waals surface area contributed by atoms with Crippen molar-refractivity contribution in [1.82, 2.24) is 15.1 Å². The average molecular weight is 816 g/mol. The first-order valence-electron chi connectivity index (χ1n) is 20.9. The molecule has 326 valence electrons. The quantitative estimate of drug-likeness (QED) is 0.310. The highest BCUT2D eigenvalue weighted by molar-refractivity contribution is 5.90. The van der Waals surface area contributed by atoms with E-state index in [4.69, 9.17) is 28.4 Å². The topological polar surface area (TPSA) is 166 Å². The number of esters is 1. The maximum atomic E-state index is 14.7. The Labute approximate surface area is 344 Å². The fraction of sp³-hybridized carbons (Fsp3) is 0.750. The highest BCUT2D eigenvalue weighted by Gasteiger charge is 2.52. The van der Waals surface area contributed by atoms with Gasteiger partial charge in [-0.1, -0.05) is 51.1 Å². The van der Waals surface area contributed by atoms with Crippen LogP contribution in [-0.4, -0.2) is 145 Å². The molecular weight excluding hydrogens is 746 g/mol. The van der Waals surface area contributed by atoms with Crippen molar-refractivity contribution in [2.75, 3.05) is 34.8 Å². The molecular formula is C44H69N3O11. The molecule has 0 spiro atoms. The van der Waals surface area contributed by atoms with Crippen LogP contribution in [0.5, 0.6) is 0 Å². The van der Waals surface area contributed by atoms with Crippen LogP contribution < -0.4 is 5.32 Å². The van der Waals surface area contributed by atoms with Gasteiger partial charge in [0.2, 0.25) is 11.8 Å². The number of rotatable bonds is 9. The molecule has 0 unspecified atom stereocenters. The van der Waals surface area contributed by atoms with E-state index in [1.807, 2.05) is 64.9 Å². The number of benzene rings is 1. The minimum atomic E-state index is -1.56. The third kappa shape index (κ3) is 10.3. The Balaban J connectivity index is 1.55. The van der Waals surface area contributed by atoms with Gasteiger partial charge in [-0.2, -0.15) is 0 Å². The van der Waals surface area contributed by atoms with Crippen LogP contribution in [0.15, 0.2) is 30.3 Å². The third-order valence-corrected chi connectivity index (χ3v) is 12.8. The van der Waals surface area contributed by atoms with Gasteiger partial charge in [-0.25, -0.2) is 0 Å². The summed E-state index contributed by atoms with van der Waals surface area (Å²) in [5.41, 5.74) is 0.662. The van der Waals surface area contributed by atoms with Crippen LogP contribution in [0, 0.1) is 17.8 Å². The summed E-state index contributed by atoms with van der Waals surface area (Å²) in [6, 6.07) is 6.94. The van der Waals surface area contributed by atoms with Crippen LogP contribution >= 0.6 is 0 Å². The first-order chi connectivity index (χ1) is 27.1. The van der Waals surface area contributed by atoms with Gasteiger partial charge in [-0.15, -0.1) is 0 Å². The zero-order chi connectivity index (χ0) is 42.9. The molecule has 58 heavy (non-hydrogen) atoms. The Bertz CT molecular complexity index is 1640. The molecule has 3 fully saturated rings. The van der Waals surface area contributed by atoms with Crippen molar-refractivity contribution in [2.45, 2.75) is 160 Å². The Kier molecular flexibility index (Phi) is 14.9. The molecule has 1 aromatic rings. The van der Waals surface area contributed by atoms with Gasteiger partial charge in [0, 0.05) is 52.4 Å². The van der Waals surface area contributed by atoms with Gasteiger partial charge >= 0.3 is 5.97 Å². The number of hydrogen-bond donors (Lipinski definition) is 3. The number of ether oxygens (including phenoxy) is 6. The fourth-order valence-electron chi connectivity index (χ4n) is 9.79. The van der Waals surface area contributed by atoms with Crippen molar-refractivity contribution < 1.29 is 53.0 Å². The number of methoxy groups -OCH3 is 1. The van der Waals surface area contributed by atoms with Crippen LogP contribution in [0.1, 0.15) is 92.2 Å². The summed E-state index contributed by atoms with van der Waals surface area (Å²) in [6.45, 7) is 14.4. The molecule has 4 aliphatic rings. The molecule has 3 heterocycles. The molecule has 5 rings (SSSR count). The van der Waals surface area contributed by atoms with Crippen molar-refractivity contribution >= 4 is 23.4 Å². The molecule has 1 aliphatic carbocycles. The Morgan fingerprint density at radius 2 is 1.72 bits per heavy atom. The highest BCUT2D eigenvalue weighted by atomic mass is 16.7. The van der Waals surface area contributed by atoms with E-state index in [1.54, 1.807) is 32.7 Å². The zero-order valence-corrected chi connectivity index (χ0v) is 36.6. The first-order valence-corrected chi connectivity index (χ1v) is 20.9. The van der Waals surface area contributed by atoms with Crippen LogP contribution in [-0.2, 0) is 49.2 Å². The second-order valence-electron chi connectivity index (χ2n) is 18.1. The van der Waals surface area contributed by atoms with Gasteiger partial charge in [-0.3, -0.25) is 14.4 Å². The molecule has 0 radical (unpaired) electrons. The van der Waals surface area contributed by atoms with Gasteiger partial charge in [0.05, 0.1) is 35.9 Å². The SMILES string of the molecule is CO[C@]1(C)C[C@H](O[C@H]2[C@H](C)[C@@H](O[C@@H]3O[C@H](C)C[C@H](N(C)C)[C@H]3O)[C@](C)(O)C[C@@H](C)CN(C)C(=O)[C@H](CC3=CCc4ccccc43)NC(=O)[C@@H]2C)O[C@@H](C)[C@@H]1OC(C)=O. The van der Waals surface area contributed by atoms with E-state index in [0.717, 1.165) is 17.6 Å². The highest BCUT2D eigenvalue weighted by Crippen LogP contribution is 2.40. The number of nitrogens with zero attached hydrogens (tertiary/aromatic N) is 2. The Morgan fingerprint density at radius 3 is 2.38 bits per heavy atom. The minimum absolute atomic E-state index is 0.147. The Morgan fingerprint density at radius 1 is 1.03 bits per heavy atom. The summed E-state index contributed by atoms with van der Waals surface area (Å²) >= 11 is 0. The molecule has 1 aromatic carbocycles. The first kappa shape index (κ1) is 46.1. The average Bonchev–Trinajstić information content (AvgIpc) is 3.55. The summed E-state index contributed by atoms with van der Waals surface area (Å²) in [6.07, 6.45) is -2.62. The van der Waals surface area contributed by atoms with Gasteiger partial charge in [0.25, 0.3) is 0 Å². The summed E-state index contributed by atoms with van der Waals surface area (Å²) in [5.74, 6) is -2.98. The number of amides is 2. The maximum absolute atomic E-state index is 14.7. The molecule has 3 saturated heterocycles. The van der Waals surface area contributed by atoms with E-state index < -0.39 is 84.1 Å². The molecule has 0 saturated carbocycles. The zero-order valence-electron chi connectivity index (χ0n) is 36.6. The second-order valence-corrected chi connectivity index (χ2v) is 18.1. The van der Waals surface area contributed by atoms with Crippen LogP contribution in [0.2, 0.25) is 0 Å². The van der Waals surface area contributed by atoms with Crippen molar-refractivity contribution in [3.8, 4) is 0 Å². The lowest BCUT2D eigenvalue weighted by Gasteiger charge is -2.49. The number of carbonyl (C=O) groups is 3. The predicted octanol–water partition coefficient (Wildman–Crippen LogP) is 3.69. The number of likely N-dealkylation sites (N-methyl/N-ethyl adjacent to an activating group) is 2. The van der Waals surface area contributed by atoms with E-state index in [2.05, 4.69) is 17.5 Å². The molecule has 3 aliphatic heterocycles. The fourth-order valence-corrected chi connectivity index (χ4v) is 9.79. The molecule has 2 amide bonds. The minimum Gasteiger partial charge on any atom is -0.457 e. The van der Waals surface area contributed by atoms with Gasteiger partial charge < -0.3 is 53.8 Å². The van der Waals surface area contributed by atoms with Crippen LogP contribution in [0.3, 0.4) is 0 Å². The second kappa shape index (κ2) is 18.8. The lowest BCUT2D eigenvalue weighted by Crippen LogP contribution is -2.61. The van der Waals surface area contributed by atoms with Crippen molar-refractivity contribution in [3.63, 3.8) is 0 Å². The number of hydrogen-bond acceptors (Lipinski definition) is 12. The number of allylic oxidation sites excluding steroid dienone is 1. The Hall–Kier alpha value is -2.95. The predicted molar refractivity (Wildman–Crippen MR) is 217 cm³/mol. The smallest absolute Gasteiger partial charge is 0.303 e. The standard InChI is InChI=1S/C44H69N3O11/c1-24-21-43(7,52)38(58-42-36(49)34(46(9)10)19-25(2)54-42)26(3)37(57-35-22-44(8,53-12)39(28(5)55-35)56-29(6)48)27(4)40(50)45-33(41(51)47(11)23-24)20-31-18-17-30-15-13-14-16-32(30)31/h13-16,18,24-28,33-39,42,49,52H,17,19-23H2,1-12H3,(H,45,50)/t24-,25-,26+,27-,28+,33+,34+,35+,36-,37+,38-,39+,42+,43-,44-/m1/s1. The van der Waals surface area contributed by atoms with Crippen LogP contribution in [0.25, 0.3) is 5.57 Å². The molecule has 3 N–H and O–H groups in total. The molecule has 0 aromatic heterocycles. The van der Waals surface area contributed by atoms with Gasteiger partial charge in [0.1, 0.15) is 17.7 Å². The number of nitrogens with one attached hydrogen (secondary N) is 1. The normalized spacial score (nSPS) is 40.5. The van der Waals surface area contributed by atoms with E-state index in [0.29, 0.717) is 19.4 Å². The lowest BCUT2D eigenvalue weighted by molar-refractivity contribution is -0.318. The van der Waals surface area contributed by atoms with Gasteiger partial charge in [0.15, 0.2) is 18.7 Å². The summed E-state index contributed by atoms with van der Waals surface area (Å²) in [7, 11) is 7.05. The monoisotopic (exact) mass is 815 g/mol. The maximum Gasteiger partial charge on any atom is 0.303 e. The third-order valence-electron chi connectivity index (χ3n) is 12.8. The van der Waals surface area contributed by atoms with Crippen molar-refractivity contribution in [2.24, 2.45) is 17.8 Å². The summed E-state index contributed by atoms with van der Waals surface area (Å²) in [5, 5.41) is 27.3.